The summed E-state index contributed by atoms with van der Waals surface area (Å²) < 4.78 is 11.9. The Morgan fingerprint density at radius 2 is 2.00 bits per heavy atom. The predicted molar refractivity (Wildman–Crippen MR) is 79.5 cm³/mol. The number of fused-ring (bicyclic) bond motifs is 1. The van der Waals surface area contributed by atoms with Gasteiger partial charge in [0.1, 0.15) is 10.8 Å². The molecule has 0 amide bonds. The summed E-state index contributed by atoms with van der Waals surface area (Å²) in [7, 11) is 3.25. The van der Waals surface area contributed by atoms with Crippen LogP contribution in [-0.2, 0) is 18.0 Å². The maximum Gasteiger partial charge on any atom is 0.213 e. The van der Waals surface area contributed by atoms with Gasteiger partial charge in [0.15, 0.2) is 0 Å². The second-order valence-electron chi connectivity index (χ2n) is 4.42. The molecule has 110 valence electrons. The Bertz CT molecular complexity index is 749. The van der Waals surface area contributed by atoms with Crippen molar-refractivity contribution in [2.45, 2.75) is 13.2 Å². The Morgan fingerprint density at radius 3 is 2.62 bits per heavy atom. The van der Waals surface area contributed by atoms with Gasteiger partial charge in [-0.05, 0) is 24.3 Å². The van der Waals surface area contributed by atoms with Gasteiger partial charge in [-0.3, -0.25) is 0 Å². The van der Waals surface area contributed by atoms with E-state index in [1.165, 1.54) is 11.3 Å². The molecule has 3 rings (SSSR count). The van der Waals surface area contributed by atoms with E-state index < -0.39 is 0 Å². The number of aliphatic hydroxyl groups excluding tert-OH is 1. The Balaban J connectivity index is 2.06. The number of imidazole rings is 1. The smallest absolute Gasteiger partial charge is 0.213 e. The number of hydrogen-bond acceptors (Lipinski definition) is 6. The zero-order valence-electron chi connectivity index (χ0n) is 11.7. The number of methoxy groups -OCH3 is 2. The number of benzene rings is 1. The van der Waals surface area contributed by atoms with Crippen LogP contribution in [-0.4, -0.2) is 33.9 Å². The molecule has 0 aliphatic rings. The van der Waals surface area contributed by atoms with Crippen molar-refractivity contribution in [1.82, 2.24) is 14.6 Å². The molecule has 0 fully saturated rings. The van der Waals surface area contributed by atoms with Gasteiger partial charge in [0.2, 0.25) is 4.96 Å². The summed E-state index contributed by atoms with van der Waals surface area (Å²) in [6, 6.07) is 7.57. The lowest BCUT2D eigenvalue weighted by Crippen LogP contribution is -1.97. The largest absolute Gasteiger partial charge is 0.497 e. The minimum Gasteiger partial charge on any atom is -0.497 e. The summed E-state index contributed by atoms with van der Waals surface area (Å²) >= 11 is 1.45. The van der Waals surface area contributed by atoms with Crippen LogP contribution in [0.3, 0.4) is 0 Å². The van der Waals surface area contributed by atoms with Gasteiger partial charge in [-0.2, -0.15) is 5.10 Å². The molecule has 0 spiro atoms. The third kappa shape index (κ3) is 2.51. The highest BCUT2D eigenvalue weighted by atomic mass is 32.1. The van der Waals surface area contributed by atoms with Crippen molar-refractivity contribution in [1.29, 1.82) is 0 Å². The van der Waals surface area contributed by atoms with E-state index in [1.807, 2.05) is 24.3 Å². The van der Waals surface area contributed by atoms with Crippen molar-refractivity contribution in [3.8, 4) is 17.0 Å². The second kappa shape index (κ2) is 5.80. The van der Waals surface area contributed by atoms with Crippen LogP contribution in [0.4, 0.5) is 0 Å². The van der Waals surface area contributed by atoms with Crippen LogP contribution < -0.4 is 4.74 Å². The first kappa shape index (κ1) is 14.0. The van der Waals surface area contributed by atoms with Crippen molar-refractivity contribution < 1.29 is 14.6 Å². The van der Waals surface area contributed by atoms with E-state index in [4.69, 9.17) is 9.47 Å². The molecule has 0 saturated heterocycles. The van der Waals surface area contributed by atoms with Gasteiger partial charge in [0.05, 0.1) is 31.7 Å². The van der Waals surface area contributed by atoms with Crippen LogP contribution in [0.1, 0.15) is 10.7 Å². The first-order valence-electron chi connectivity index (χ1n) is 6.38. The zero-order valence-corrected chi connectivity index (χ0v) is 12.6. The SMILES string of the molecule is COCc1nn2c(CO)c(-c3ccc(OC)cc3)nc2s1. The molecule has 0 saturated carbocycles. The van der Waals surface area contributed by atoms with E-state index in [0.29, 0.717) is 12.3 Å². The van der Waals surface area contributed by atoms with Crippen molar-refractivity contribution in [2.75, 3.05) is 14.2 Å². The minimum absolute atomic E-state index is 0.126. The van der Waals surface area contributed by atoms with E-state index in [1.54, 1.807) is 18.7 Å². The molecule has 21 heavy (non-hydrogen) atoms. The van der Waals surface area contributed by atoms with Crippen LogP contribution in [0.15, 0.2) is 24.3 Å². The lowest BCUT2D eigenvalue weighted by atomic mass is 10.1. The maximum atomic E-state index is 9.65. The van der Waals surface area contributed by atoms with E-state index in [2.05, 4.69) is 10.1 Å². The van der Waals surface area contributed by atoms with Crippen LogP contribution in [0.5, 0.6) is 5.75 Å². The van der Waals surface area contributed by atoms with Crippen LogP contribution in [0, 0.1) is 0 Å². The number of ether oxygens (including phenoxy) is 2. The Hall–Kier alpha value is -1.96. The average molecular weight is 305 g/mol. The quantitative estimate of drug-likeness (QED) is 0.782. The van der Waals surface area contributed by atoms with Gasteiger partial charge in [-0.25, -0.2) is 9.50 Å². The van der Waals surface area contributed by atoms with E-state index in [0.717, 1.165) is 27.0 Å². The summed E-state index contributed by atoms with van der Waals surface area (Å²) in [6.45, 7) is 0.315. The monoisotopic (exact) mass is 305 g/mol. The van der Waals surface area contributed by atoms with Gasteiger partial charge in [0, 0.05) is 12.7 Å². The fourth-order valence-corrected chi connectivity index (χ4v) is 3.02. The number of rotatable bonds is 5. The lowest BCUT2D eigenvalue weighted by molar-refractivity contribution is 0.183. The van der Waals surface area contributed by atoms with Gasteiger partial charge in [0.25, 0.3) is 0 Å². The number of hydrogen-bond donors (Lipinski definition) is 1. The molecule has 0 aliphatic heterocycles. The molecule has 1 N–H and O–H groups in total. The Morgan fingerprint density at radius 1 is 1.24 bits per heavy atom. The first-order valence-corrected chi connectivity index (χ1v) is 7.20. The molecule has 0 bridgehead atoms. The van der Waals surface area contributed by atoms with Crippen molar-refractivity contribution in [3.63, 3.8) is 0 Å². The molecule has 2 heterocycles. The fraction of sp³-hybridized carbons (Fsp3) is 0.286. The molecular formula is C14H15N3O3S. The molecule has 0 aliphatic carbocycles. The summed E-state index contributed by atoms with van der Waals surface area (Å²) in [5.41, 5.74) is 2.34. The Kier molecular flexibility index (Phi) is 3.87. The topological polar surface area (TPSA) is 68.9 Å². The maximum absolute atomic E-state index is 9.65. The third-order valence-electron chi connectivity index (χ3n) is 3.12. The number of aromatic nitrogens is 3. The normalized spacial score (nSPS) is 11.2. The summed E-state index contributed by atoms with van der Waals surface area (Å²) in [4.78, 5) is 5.32. The highest BCUT2D eigenvalue weighted by Gasteiger charge is 2.17. The summed E-state index contributed by atoms with van der Waals surface area (Å²) in [5, 5.41) is 14.9. The molecule has 1 aromatic carbocycles. The highest BCUT2D eigenvalue weighted by Crippen LogP contribution is 2.28. The highest BCUT2D eigenvalue weighted by molar-refractivity contribution is 7.16. The van der Waals surface area contributed by atoms with Gasteiger partial charge < -0.3 is 14.6 Å². The average Bonchev–Trinajstić information content (AvgIpc) is 3.04. The molecular weight excluding hydrogens is 290 g/mol. The van der Waals surface area contributed by atoms with Crippen LogP contribution >= 0.6 is 11.3 Å². The van der Waals surface area contributed by atoms with E-state index in [-0.39, 0.29) is 6.61 Å². The summed E-state index contributed by atoms with van der Waals surface area (Å²) in [5.74, 6) is 0.783. The number of aliphatic hydroxyl groups is 1. The summed E-state index contributed by atoms with van der Waals surface area (Å²) in [6.07, 6.45) is 0. The Labute approximate surface area is 125 Å². The van der Waals surface area contributed by atoms with Crippen LogP contribution in [0.2, 0.25) is 0 Å². The lowest BCUT2D eigenvalue weighted by Gasteiger charge is -2.03. The molecule has 0 radical (unpaired) electrons. The number of nitrogens with zero attached hydrogens (tertiary/aromatic N) is 3. The molecule has 2 aromatic heterocycles. The molecule has 7 heteroatoms. The van der Waals surface area contributed by atoms with E-state index in [9.17, 15) is 5.11 Å². The van der Waals surface area contributed by atoms with E-state index >= 15 is 0 Å². The van der Waals surface area contributed by atoms with Crippen molar-refractivity contribution in [2.24, 2.45) is 0 Å². The van der Waals surface area contributed by atoms with Crippen LogP contribution in [0.25, 0.3) is 16.2 Å². The molecule has 6 nitrogen and oxygen atoms in total. The fourth-order valence-electron chi connectivity index (χ4n) is 2.13. The first-order chi connectivity index (χ1) is 10.3. The third-order valence-corrected chi connectivity index (χ3v) is 4.00. The second-order valence-corrected chi connectivity index (χ2v) is 5.46. The zero-order chi connectivity index (χ0) is 14.8. The standard InChI is InChI=1S/C14H15N3O3S/c1-19-8-12-16-17-11(7-18)13(15-14(17)21-12)9-3-5-10(20-2)6-4-9/h3-6,18H,7-8H2,1-2H3. The minimum atomic E-state index is -0.126. The van der Waals surface area contributed by atoms with Gasteiger partial charge >= 0.3 is 0 Å². The van der Waals surface area contributed by atoms with Gasteiger partial charge in [-0.1, -0.05) is 11.3 Å². The van der Waals surface area contributed by atoms with Crippen molar-refractivity contribution >= 4 is 16.3 Å². The molecule has 0 atom stereocenters. The predicted octanol–water partition coefficient (Wildman–Crippen LogP) is 2.11. The van der Waals surface area contributed by atoms with Gasteiger partial charge in [-0.15, -0.1) is 0 Å². The molecule has 3 aromatic rings. The van der Waals surface area contributed by atoms with Crippen molar-refractivity contribution in [3.05, 3.63) is 35.0 Å². The molecule has 0 unspecified atom stereocenters.